The minimum absolute atomic E-state index is 0.0986. The highest BCUT2D eigenvalue weighted by molar-refractivity contribution is 6.08. The summed E-state index contributed by atoms with van der Waals surface area (Å²) in [5, 5.41) is 14.0. The van der Waals surface area contributed by atoms with Gasteiger partial charge >= 0.3 is 6.03 Å². The van der Waals surface area contributed by atoms with E-state index in [2.05, 4.69) is 26.0 Å². The van der Waals surface area contributed by atoms with Gasteiger partial charge < -0.3 is 20.3 Å². The standard InChI is InChI=1S/C26H26FN7O3/c1-33-16-18-5-6-19(14-22(18)32-33)30-25(35)24-20(27)3-2-4-21(24)29-15-17-7-8-28-23(13-17)31-26(36)34-9-11-37-12-10-34/h2-8,13-14,16,29H,9-12,15H2,1H3,(H,30,35)(H,28,31,36). The van der Waals surface area contributed by atoms with Crippen molar-refractivity contribution >= 4 is 40.0 Å². The monoisotopic (exact) mass is 503 g/mol. The first-order valence-electron chi connectivity index (χ1n) is 11.8. The number of benzene rings is 2. The Morgan fingerprint density at radius 3 is 2.76 bits per heavy atom. The zero-order valence-electron chi connectivity index (χ0n) is 20.2. The van der Waals surface area contributed by atoms with E-state index in [0.29, 0.717) is 43.5 Å². The number of aryl methyl sites for hydroxylation is 1. The number of anilines is 3. The molecule has 37 heavy (non-hydrogen) atoms. The number of fused-ring (bicyclic) bond motifs is 1. The molecule has 1 aliphatic rings. The number of nitrogens with one attached hydrogen (secondary N) is 3. The Morgan fingerprint density at radius 1 is 1.08 bits per heavy atom. The van der Waals surface area contributed by atoms with Gasteiger partial charge in [0.2, 0.25) is 0 Å². The minimum atomic E-state index is -0.644. The highest BCUT2D eigenvalue weighted by atomic mass is 19.1. The molecular formula is C26H26FN7O3. The minimum Gasteiger partial charge on any atom is -0.380 e. The summed E-state index contributed by atoms with van der Waals surface area (Å²) in [4.78, 5) is 31.4. The Hall–Kier alpha value is -4.51. The van der Waals surface area contributed by atoms with Crippen molar-refractivity contribution in [3.8, 4) is 0 Å². The Morgan fingerprint density at radius 2 is 1.92 bits per heavy atom. The van der Waals surface area contributed by atoms with E-state index in [4.69, 9.17) is 4.74 Å². The molecule has 3 amide bonds. The van der Waals surface area contributed by atoms with Gasteiger partial charge in [-0.25, -0.2) is 14.2 Å². The third-order valence-electron chi connectivity index (χ3n) is 5.96. The van der Waals surface area contributed by atoms with Gasteiger partial charge in [0.15, 0.2) is 0 Å². The van der Waals surface area contributed by atoms with E-state index in [9.17, 15) is 14.0 Å². The largest absolute Gasteiger partial charge is 0.380 e. The van der Waals surface area contributed by atoms with Crippen LogP contribution in [0, 0.1) is 5.82 Å². The second kappa shape index (κ2) is 10.6. The van der Waals surface area contributed by atoms with E-state index >= 15 is 0 Å². The molecule has 2 aromatic heterocycles. The van der Waals surface area contributed by atoms with Crippen molar-refractivity contribution < 1.29 is 18.7 Å². The maximum Gasteiger partial charge on any atom is 0.323 e. The maximum atomic E-state index is 14.8. The van der Waals surface area contributed by atoms with Crippen LogP contribution in [0.3, 0.4) is 0 Å². The van der Waals surface area contributed by atoms with Crippen LogP contribution in [-0.2, 0) is 18.3 Å². The van der Waals surface area contributed by atoms with Crippen LogP contribution in [0.25, 0.3) is 10.9 Å². The molecule has 1 aliphatic heterocycles. The van der Waals surface area contributed by atoms with Crippen molar-refractivity contribution in [1.82, 2.24) is 19.7 Å². The fourth-order valence-electron chi connectivity index (χ4n) is 4.12. The number of nitrogens with zero attached hydrogens (tertiary/aromatic N) is 4. The lowest BCUT2D eigenvalue weighted by atomic mass is 10.1. The van der Waals surface area contributed by atoms with Crippen LogP contribution in [0.4, 0.5) is 26.4 Å². The molecule has 1 saturated heterocycles. The number of carbonyl (C=O) groups excluding carboxylic acids is 2. The normalized spacial score (nSPS) is 13.4. The quantitative estimate of drug-likeness (QED) is 0.369. The Balaban J connectivity index is 1.27. The average molecular weight is 504 g/mol. The number of morpholine rings is 1. The number of amides is 3. The van der Waals surface area contributed by atoms with Gasteiger partial charge in [0, 0.05) is 50.1 Å². The zero-order valence-corrected chi connectivity index (χ0v) is 20.2. The summed E-state index contributed by atoms with van der Waals surface area (Å²) in [6, 6.07) is 13.0. The molecule has 10 nitrogen and oxygen atoms in total. The van der Waals surface area contributed by atoms with Crippen LogP contribution in [0.2, 0.25) is 0 Å². The van der Waals surface area contributed by atoms with Gasteiger partial charge in [0.25, 0.3) is 5.91 Å². The summed E-state index contributed by atoms with van der Waals surface area (Å²) in [6.07, 6.45) is 3.46. The smallest absolute Gasteiger partial charge is 0.323 e. The molecule has 4 aromatic rings. The third kappa shape index (κ3) is 5.67. The molecule has 0 unspecified atom stereocenters. The van der Waals surface area contributed by atoms with Crippen molar-refractivity contribution in [1.29, 1.82) is 0 Å². The summed E-state index contributed by atoms with van der Waals surface area (Å²) in [7, 11) is 1.82. The molecule has 3 N–H and O–H groups in total. The molecule has 0 aliphatic carbocycles. The molecule has 0 saturated carbocycles. The molecule has 0 bridgehead atoms. The van der Waals surface area contributed by atoms with E-state index < -0.39 is 11.7 Å². The molecule has 0 atom stereocenters. The molecular weight excluding hydrogens is 477 g/mol. The number of aromatic nitrogens is 3. The van der Waals surface area contributed by atoms with Crippen molar-refractivity contribution in [3.63, 3.8) is 0 Å². The van der Waals surface area contributed by atoms with Crippen molar-refractivity contribution in [2.24, 2.45) is 7.05 Å². The lowest BCUT2D eigenvalue weighted by Gasteiger charge is -2.26. The molecule has 11 heteroatoms. The van der Waals surface area contributed by atoms with Crippen LogP contribution < -0.4 is 16.0 Å². The number of halogens is 1. The number of hydrogen-bond acceptors (Lipinski definition) is 6. The highest BCUT2D eigenvalue weighted by Crippen LogP contribution is 2.23. The number of hydrogen-bond donors (Lipinski definition) is 3. The lowest BCUT2D eigenvalue weighted by Crippen LogP contribution is -2.43. The predicted molar refractivity (Wildman–Crippen MR) is 138 cm³/mol. The average Bonchev–Trinajstić information content (AvgIpc) is 3.27. The highest BCUT2D eigenvalue weighted by Gasteiger charge is 2.19. The number of urea groups is 1. The molecule has 5 rings (SSSR count). The van der Waals surface area contributed by atoms with Crippen LogP contribution >= 0.6 is 0 Å². The number of carbonyl (C=O) groups is 2. The number of pyridine rings is 1. The first-order valence-corrected chi connectivity index (χ1v) is 11.8. The Kier molecular flexibility index (Phi) is 6.95. The van der Waals surface area contributed by atoms with Gasteiger partial charge in [-0.3, -0.25) is 14.8 Å². The van der Waals surface area contributed by atoms with E-state index in [1.54, 1.807) is 46.1 Å². The Bertz CT molecular complexity index is 1450. The SMILES string of the molecule is Cn1cc2ccc(NC(=O)c3c(F)cccc3NCc3ccnc(NC(=O)N4CCOCC4)c3)cc2n1. The second-order valence-corrected chi connectivity index (χ2v) is 8.63. The van der Waals surface area contributed by atoms with Crippen LogP contribution in [0.5, 0.6) is 0 Å². The fraction of sp³-hybridized carbons (Fsp3) is 0.231. The van der Waals surface area contributed by atoms with E-state index in [1.807, 2.05) is 19.3 Å². The second-order valence-electron chi connectivity index (χ2n) is 8.63. The fourth-order valence-corrected chi connectivity index (χ4v) is 4.12. The van der Waals surface area contributed by atoms with E-state index in [0.717, 1.165) is 16.5 Å². The zero-order chi connectivity index (χ0) is 25.8. The van der Waals surface area contributed by atoms with Crippen LogP contribution in [0.1, 0.15) is 15.9 Å². The molecule has 0 spiro atoms. The summed E-state index contributed by atoms with van der Waals surface area (Å²) >= 11 is 0. The van der Waals surface area contributed by atoms with Gasteiger partial charge in [-0.2, -0.15) is 5.10 Å². The number of rotatable bonds is 6. The first kappa shape index (κ1) is 24.2. The van der Waals surface area contributed by atoms with Crippen LogP contribution in [-0.4, -0.2) is 57.9 Å². The van der Waals surface area contributed by atoms with Gasteiger partial charge in [0.1, 0.15) is 11.6 Å². The molecule has 190 valence electrons. The molecule has 0 radical (unpaired) electrons. The topological polar surface area (TPSA) is 113 Å². The third-order valence-corrected chi connectivity index (χ3v) is 5.96. The van der Waals surface area contributed by atoms with Crippen molar-refractivity contribution in [2.75, 3.05) is 42.3 Å². The predicted octanol–water partition coefficient (Wildman–Crippen LogP) is 3.84. The summed E-state index contributed by atoms with van der Waals surface area (Å²) in [5.74, 6) is -0.823. The summed E-state index contributed by atoms with van der Waals surface area (Å²) in [5.41, 5.74) is 2.27. The maximum absolute atomic E-state index is 14.8. The van der Waals surface area contributed by atoms with Crippen LogP contribution in [0.15, 0.2) is 60.9 Å². The number of ether oxygens (including phenoxy) is 1. The first-order chi connectivity index (χ1) is 18.0. The van der Waals surface area contributed by atoms with Crippen molar-refractivity contribution in [2.45, 2.75) is 6.54 Å². The summed E-state index contributed by atoms with van der Waals surface area (Å²) < 4.78 is 21.7. The van der Waals surface area contributed by atoms with Gasteiger partial charge in [0.05, 0.1) is 30.0 Å². The van der Waals surface area contributed by atoms with Gasteiger partial charge in [-0.05, 0) is 48.0 Å². The molecule has 2 aromatic carbocycles. The lowest BCUT2D eigenvalue weighted by molar-refractivity contribution is 0.0564. The molecule has 3 heterocycles. The molecule has 1 fully saturated rings. The van der Waals surface area contributed by atoms with Gasteiger partial charge in [-0.1, -0.05) is 6.07 Å². The van der Waals surface area contributed by atoms with E-state index in [1.165, 1.54) is 12.1 Å². The van der Waals surface area contributed by atoms with E-state index in [-0.39, 0.29) is 18.1 Å². The van der Waals surface area contributed by atoms with Crippen molar-refractivity contribution in [3.05, 3.63) is 77.9 Å². The summed E-state index contributed by atoms with van der Waals surface area (Å²) in [6.45, 7) is 2.34. The van der Waals surface area contributed by atoms with Gasteiger partial charge in [-0.15, -0.1) is 0 Å². The Labute approximate surface area is 212 Å².